The van der Waals surface area contributed by atoms with E-state index in [1.807, 2.05) is 6.07 Å². The van der Waals surface area contributed by atoms with Gasteiger partial charge < -0.3 is 40.5 Å². The molecule has 2 aromatic heterocycles. The molecule has 0 spiro atoms. The second kappa shape index (κ2) is 16.0. The van der Waals surface area contributed by atoms with Gasteiger partial charge in [0.05, 0.1) is 58.3 Å². The zero-order valence-electron chi connectivity index (χ0n) is 32.2. The smallest absolute Gasteiger partial charge is 0.356 e. The highest BCUT2D eigenvalue weighted by molar-refractivity contribution is 6.31. The molecule has 8 rings (SSSR count). The molecule has 1 aliphatic carbocycles. The number of nitrogens with zero attached hydrogens (tertiary/aromatic N) is 2. The number of hydrogen-bond acceptors (Lipinski definition) is 13. The lowest BCUT2D eigenvalue weighted by Gasteiger charge is -2.22. The SMILES string of the molecule is COC(=O)c1ccc2cccc(NCc3c4oc5c(CNc6cccc7ccc(C(=O)OC)nc67)c(N)ccc5c(-c5cc(C(=O)O)ccc5C(=O)O)c-4cc(Cl)c3=O)c2n1. The van der Waals surface area contributed by atoms with Crippen LogP contribution in [0.1, 0.15) is 52.8 Å². The van der Waals surface area contributed by atoms with Crippen molar-refractivity contribution in [3.8, 4) is 22.5 Å². The number of aromatic nitrogens is 2. The van der Waals surface area contributed by atoms with Crippen molar-refractivity contribution in [2.45, 2.75) is 13.1 Å². The number of nitrogen functional groups attached to an aromatic ring is 1. The van der Waals surface area contributed by atoms with Crippen LogP contribution in [-0.4, -0.2) is 58.3 Å². The molecular formula is C45H32ClN5O10. The van der Waals surface area contributed by atoms with Crippen molar-refractivity contribution < 1.29 is 43.3 Å². The molecule has 16 heteroatoms. The van der Waals surface area contributed by atoms with E-state index in [4.69, 9.17) is 31.2 Å². The van der Waals surface area contributed by atoms with Crippen molar-refractivity contribution >= 4 is 85.3 Å². The molecule has 2 aliphatic rings. The predicted molar refractivity (Wildman–Crippen MR) is 229 cm³/mol. The van der Waals surface area contributed by atoms with Crippen molar-refractivity contribution in [1.82, 2.24) is 9.97 Å². The van der Waals surface area contributed by atoms with Crippen LogP contribution >= 0.6 is 11.6 Å². The van der Waals surface area contributed by atoms with Crippen molar-refractivity contribution in [3.63, 3.8) is 0 Å². The van der Waals surface area contributed by atoms with Gasteiger partial charge in [0, 0.05) is 51.6 Å². The molecule has 0 bridgehead atoms. The van der Waals surface area contributed by atoms with Crippen LogP contribution in [0.2, 0.25) is 5.02 Å². The van der Waals surface area contributed by atoms with Gasteiger partial charge in [0.25, 0.3) is 0 Å². The maximum atomic E-state index is 14.1. The molecule has 4 aromatic carbocycles. The minimum Gasteiger partial charge on any atom is -0.478 e. The van der Waals surface area contributed by atoms with E-state index in [0.717, 1.165) is 5.39 Å². The highest BCUT2D eigenvalue weighted by atomic mass is 35.5. The Balaban J connectivity index is 1.35. The summed E-state index contributed by atoms with van der Waals surface area (Å²) in [7, 11) is 2.50. The summed E-state index contributed by atoms with van der Waals surface area (Å²) in [6.07, 6.45) is 0. The second-order valence-electron chi connectivity index (χ2n) is 13.7. The Bertz CT molecular complexity index is 3180. The first-order valence-corrected chi connectivity index (χ1v) is 18.8. The molecule has 0 atom stereocenters. The summed E-state index contributed by atoms with van der Waals surface area (Å²) in [5.41, 5.74) is 8.89. The topological polar surface area (TPSA) is 233 Å². The lowest BCUT2D eigenvalue weighted by Crippen LogP contribution is -2.17. The molecule has 304 valence electrons. The van der Waals surface area contributed by atoms with Gasteiger partial charge in [-0.25, -0.2) is 29.1 Å². The van der Waals surface area contributed by atoms with Crippen LogP contribution in [0.25, 0.3) is 55.2 Å². The van der Waals surface area contributed by atoms with Gasteiger partial charge in [-0.15, -0.1) is 0 Å². The third-order valence-electron chi connectivity index (χ3n) is 10.2. The predicted octanol–water partition coefficient (Wildman–Crippen LogP) is 8.09. The summed E-state index contributed by atoms with van der Waals surface area (Å²) in [5, 5.41) is 28.5. The molecule has 0 saturated carbocycles. The van der Waals surface area contributed by atoms with Gasteiger partial charge in [-0.05, 0) is 66.2 Å². The normalized spacial score (nSPS) is 11.2. The first kappa shape index (κ1) is 39.8. The van der Waals surface area contributed by atoms with Crippen molar-refractivity contribution in [1.29, 1.82) is 0 Å². The summed E-state index contributed by atoms with van der Waals surface area (Å²) >= 11 is 6.68. The number of methoxy groups -OCH3 is 2. The molecule has 0 amide bonds. The number of hydrogen-bond donors (Lipinski definition) is 5. The van der Waals surface area contributed by atoms with E-state index < -0.39 is 29.3 Å². The standard InChI is InChI=1S/C45H32ClN5O10/c1-59-44(57)34-15-10-21-5-3-7-32(37(21)50-34)48-19-28-31(47)14-13-25-36(26-17-23(42(53)54)9-12-24(26)43(55)56)27-18-30(46)39(52)29(41(27)61-40(25)28)20-49-33-8-4-6-22-11-16-35(45(58)60-2)51-38(22)33/h3-18,48-49H,19-20,47H2,1-2H3,(H,53,54)(H,55,56). The first-order chi connectivity index (χ1) is 29.4. The summed E-state index contributed by atoms with van der Waals surface area (Å²) in [5.74, 6) is -3.90. The van der Waals surface area contributed by atoms with Gasteiger partial charge in [-0.3, -0.25) is 4.79 Å². The Labute approximate surface area is 349 Å². The second-order valence-corrected chi connectivity index (χ2v) is 14.1. The summed E-state index contributed by atoms with van der Waals surface area (Å²) in [6.45, 7) is -0.202. The van der Waals surface area contributed by atoms with Gasteiger partial charge in [0.2, 0.25) is 5.43 Å². The number of rotatable bonds is 11. The Hall–Kier alpha value is -8.04. The molecule has 3 heterocycles. The Morgan fingerprint density at radius 2 is 1.31 bits per heavy atom. The quantitative estimate of drug-likeness (QED) is 0.0470. The first-order valence-electron chi connectivity index (χ1n) is 18.4. The number of halogens is 1. The summed E-state index contributed by atoms with van der Waals surface area (Å²) in [6, 6.07) is 25.4. The van der Waals surface area contributed by atoms with Crippen LogP contribution in [0.3, 0.4) is 0 Å². The van der Waals surface area contributed by atoms with Gasteiger partial charge in [0.1, 0.15) is 22.7 Å². The number of ether oxygens (including phenoxy) is 2. The molecule has 6 aromatic rings. The van der Waals surface area contributed by atoms with Crippen LogP contribution in [0, 0.1) is 0 Å². The van der Waals surface area contributed by atoms with E-state index in [0.29, 0.717) is 38.7 Å². The Kier molecular flexibility index (Phi) is 10.4. The van der Waals surface area contributed by atoms with Gasteiger partial charge in [0.15, 0.2) is 0 Å². The largest absolute Gasteiger partial charge is 0.478 e. The van der Waals surface area contributed by atoms with Crippen LogP contribution < -0.4 is 21.8 Å². The van der Waals surface area contributed by atoms with E-state index in [2.05, 4.69) is 20.6 Å². The van der Waals surface area contributed by atoms with E-state index >= 15 is 0 Å². The number of carboxylic acids is 2. The van der Waals surface area contributed by atoms with Crippen molar-refractivity contribution in [2.24, 2.45) is 0 Å². The molecular weight excluding hydrogens is 806 g/mol. The average molecular weight is 838 g/mol. The number of fused-ring (bicyclic) bond motifs is 4. The van der Waals surface area contributed by atoms with Crippen LogP contribution in [-0.2, 0) is 22.6 Å². The average Bonchev–Trinajstić information content (AvgIpc) is 3.27. The number of anilines is 3. The van der Waals surface area contributed by atoms with Gasteiger partial charge in [-0.1, -0.05) is 48.0 Å². The van der Waals surface area contributed by atoms with E-state index in [1.54, 1.807) is 60.7 Å². The third-order valence-corrected chi connectivity index (χ3v) is 10.5. The molecule has 6 N–H and O–H groups in total. The fourth-order valence-electron chi connectivity index (χ4n) is 7.26. The number of nitrogens with one attached hydrogen (secondary N) is 2. The molecule has 0 radical (unpaired) electrons. The molecule has 15 nitrogen and oxygen atoms in total. The summed E-state index contributed by atoms with van der Waals surface area (Å²) < 4.78 is 16.4. The van der Waals surface area contributed by atoms with E-state index in [9.17, 15) is 34.2 Å². The zero-order chi connectivity index (χ0) is 43.1. The fourth-order valence-corrected chi connectivity index (χ4v) is 7.48. The highest BCUT2D eigenvalue weighted by Gasteiger charge is 2.29. The maximum Gasteiger partial charge on any atom is 0.356 e. The number of benzene rings is 5. The number of carbonyl (C=O) groups excluding carboxylic acids is 2. The lowest BCUT2D eigenvalue weighted by atomic mass is 9.87. The number of para-hydroxylation sites is 2. The van der Waals surface area contributed by atoms with Crippen molar-refractivity contribution in [3.05, 3.63) is 146 Å². The number of nitrogens with two attached hydrogens (primary N) is 1. The lowest BCUT2D eigenvalue weighted by molar-refractivity contribution is 0.0586. The molecule has 0 saturated heterocycles. The number of esters is 2. The third kappa shape index (κ3) is 7.23. The molecule has 1 aliphatic heterocycles. The number of carbonyl (C=O) groups is 4. The van der Waals surface area contributed by atoms with E-state index in [-0.39, 0.29) is 79.9 Å². The Morgan fingerprint density at radius 3 is 1.87 bits per heavy atom. The number of pyridine rings is 2. The van der Waals surface area contributed by atoms with Gasteiger partial charge >= 0.3 is 23.9 Å². The maximum absolute atomic E-state index is 14.1. The van der Waals surface area contributed by atoms with Crippen molar-refractivity contribution in [2.75, 3.05) is 30.6 Å². The van der Waals surface area contributed by atoms with Crippen LogP contribution in [0.5, 0.6) is 0 Å². The number of carboxylic acid groups (broad SMARTS) is 2. The van der Waals surface area contributed by atoms with Gasteiger partial charge in [-0.2, -0.15) is 0 Å². The minimum atomic E-state index is -1.34. The Morgan fingerprint density at radius 1 is 0.721 bits per heavy atom. The monoisotopic (exact) mass is 837 g/mol. The summed E-state index contributed by atoms with van der Waals surface area (Å²) in [4.78, 5) is 72.9. The van der Waals surface area contributed by atoms with Crippen LogP contribution in [0.4, 0.5) is 17.1 Å². The van der Waals surface area contributed by atoms with E-state index in [1.165, 1.54) is 44.6 Å². The zero-order valence-corrected chi connectivity index (χ0v) is 32.9. The van der Waals surface area contributed by atoms with Crippen LogP contribution in [0.15, 0.2) is 106 Å². The number of aromatic carboxylic acids is 2. The fraction of sp³-hybridized carbons (Fsp3) is 0.0889. The molecule has 61 heavy (non-hydrogen) atoms. The molecule has 0 unspecified atom stereocenters. The highest BCUT2D eigenvalue weighted by Crippen LogP contribution is 2.45. The minimum absolute atomic E-state index is 0.00255. The molecule has 0 fully saturated rings.